The standard InChI is InChI=1S/C16H23N5O2S/c1-20(2)9-7-17-16(23)11-21-8-5-14(19-21)18-15(22)4-3-13-6-10-24-12-13/h5-6,8,10,12H,3-4,7,9,11H2,1-2H3,(H,17,23)(H,18,19,22). The molecule has 0 aliphatic rings. The van der Waals surface area contributed by atoms with Crippen molar-refractivity contribution in [2.45, 2.75) is 19.4 Å². The fourth-order valence-corrected chi connectivity index (χ4v) is 2.74. The zero-order valence-corrected chi connectivity index (χ0v) is 14.8. The fraction of sp³-hybridized carbons (Fsp3) is 0.438. The second kappa shape index (κ2) is 9.19. The van der Waals surface area contributed by atoms with Gasteiger partial charge in [-0.3, -0.25) is 14.3 Å². The van der Waals surface area contributed by atoms with Crippen LogP contribution in [0.3, 0.4) is 0 Å². The number of nitrogens with one attached hydrogen (secondary N) is 2. The van der Waals surface area contributed by atoms with E-state index in [0.29, 0.717) is 25.2 Å². The summed E-state index contributed by atoms with van der Waals surface area (Å²) >= 11 is 1.62. The molecule has 0 aliphatic heterocycles. The summed E-state index contributed by atoms with van der Waals surface area (Å²) in [7, 11) is 3.90. The van der Waals surface area contributed by atoms with Gasteiger partial charge in [-0.15, -0.1) is 0 Å². The molecule has 0 spiro atoms. The SMILES string of the molecule is CN(C)CCNC(=O)Cn1ccc(NC(=O)CCc2ccsc2)n1. The minimum atomic E-state index is -0.102. The van der Waals surface area contributed by atoms with Gasteiger partial charge in [0, 0.05) is 31.8 Å². The lowest BCUT2D eigenvalue weighted by Crippen LogP contribution is -2.33. The predicted octanol–water partition coefficient (Wildman–Crippen LogP) is 1.19. The van der Waals surface area contributed by atoms with Crippen molar-refractivity contribution in [3.05, 3.63) is 34.7 Å². The van der Waals surface area contributed by atoms with Gasteiger partial charge < -0.3 is 15.5 Å². The molecular formula is C16H23N5O2S. The van der Waals surface area contributed by atoms with E-state index in [1.165, 1.54) is 4.68 Å². The number of hydrogen-bond donors (Lipinski definition) is 2. The van der Waals surface area contributed by atoms with Crippen molar-refractivity contribution in [1.29, 1.82) is 0 Å². The molecule has 2 aromatic heterocycles. The first-order valence-corrected chi connectivity index (χ1v) is 8.73. The number of aryl methyl sites for hydroxylation is 1. The van der Waals surface area contributed by atoms with Gasteiger partial charge in [-0.2, -0.15) is 16.4 Å². The highest BCUT2D eigenvalue weighted by Crippen LogP contribution is 2.09. The molecule has 2 N–H and O–H groups in total. The molecule has 24 heavy (non-hydrogen) atoms. The van der Waals surface area contributed by atoms with Crippen LogP contribution >= 0.6 is 11.3 Å². The highest BCUT2D eigenvalue weighted by atomic mass is 32.1. The van der Waals surface area contributed by atoms with Crippen LogP contribution in [-0.2, 0) is 22.6 Å². The molecule has 0 saturated carbocycles. The molecule has 7 nitrogen and oxygen atoms in total. The van der Waals surface area contributed by atoms with Crippen molar-refractivity contribution in [1.82, 2.24) is 20.0 Å². The van der Waals surface area contributed by atoms with Crippen LogP contribution in [0.25, 0.3) is 0 Å². The van der Waals surface area contributed by atoms with E-state index in [2.05, 4.69) is 15.7 Å². The van der Waals surface area contributed by atoms with E-state index in [0.717, 1.165) is 12.1 Å². The molecular weight excluding hydrogens is 326 g/mol. The Balaban J connectivity index is 1.71. The molecule has 0 radical (unpaired) electrons. The molecule has 0 bridgehead atoms. The second-order valence-corrected chi connectivity index (χ2v) is 6.51. The third kappa shape index (κ3) is 6.51. The van der Waals surface area contributed by atoms with Gasteiger partial charge in [0.2, 0.25) is 11.8 Å². The number of nitrogens with zero attached hydrogens (tertiary/aromatic N) is 3. The molecule has 2 aromatic rings. The molecule has 2 rings (SSSR count). The lowest BCUT2D eigenvalue weighted by atomic mass is 10.2. The summed E-state index contributed by atoms with van der Waals surface area (Å²) in [5.74, 6) is 0.281. The Morgan fingerprint density at radius 3 is 2.83 bits per heavy atom. The van der Waals surface area contributed by atoms with Gasteiger partial charge in [0.15, 0.2) is 5.82 Å². The van der Waals surface area contributed by atoms with E-state index in [1.54, 1.807) is 23.6 Å². The van der Waals surface area contributed by atoms with Gasteiger partial charge in [-0.05, 0) is 42.9 Å². The predicted molar refractivity (Wildman–Crippen MR) is 95.1 cm³/mol. The number of hydrogen-bond acceptors (Lipinski definition) is 5. The molecule has 2 heterocycles. The smallest absolute Gasteiger partial charge is 0.241 e. The minimum Gasteiger partial charge on any atom is -0.353 e. The molecule has 0 fully saturated rings. The van der Waals surface area contributed by atoms with Crippen LogP contribution in [0.4, 0.5) is 5.82 Å². The highest BCUT2D eigenvalue weighted by molar-refractivity contribution is 7.07. The highest BCUT2D eigenvalue weighted by Gasteiger charge is 2.08. The second-order valence-electron chi connectivity index (χ2n) is 5.73. The fourth-order valence-electron chi connectivity index (χ4n) is 2.04. The van der Waals surface area contributed by atoms with Gasteiger partial charge in [0.05, 0.1) is 0 Å². The van der Waals surface area contributed by atoms with E-state index in [-0.39, 0.29) is 18.4 Å². The molecule has 2 amide bonds. The minimum absolute atomic E-state index is 0.0816. The van der Waals surface area contributed by atoms with E-state index >= 15 is 0 Å². The molecule has 130 valence electrons. The van der Waals surface area contributed by atoms with Gasteiger partial charge >= 0.3 is 0 Å². The Bertz CT molecular complexity index is 651. The Morgan fingerprint density at radius 1 is 1.29 bits per heavy atom. The van der Waals surface area contributed by atoms with Crippen LogP contribution in [0.1, 0.15) is 12.0 Å². The maximum Gasteiger partial charge on any atom is 0.241 e. The van der Waals surface area contributed by atoms with E-state index in [4.69, 9.17) is 0 Å². The maximum absolute atomic E-state index is 11.9. The molecule has 0 atom stereocenters. The zero-order chi connectivity index (χ0) is 17.4. The average Bonchev–Trinajstić information content (AvgIpc) is 3.16. The summed E-state index contributed by atoms with van der Waals surface area (Å²) in [6.45, 7) is 1.52. The van der Waals surface area contributed by atoms with Crippen LogP contribution in [0.5, 0.6) is 0 Å². The Kier molecular flexibility index (Phi) is 6.95. The number of aromatic nitrogens is 2. The van der Waals surface area contributed by atoms with Crippen LogP contribution < -0.4 is 10.6 Å². The topological polar surface area (TPSA) is 79.3 Å². The van der Waals surface area contributed by atoms with Crippen LogP contribution in [-0.4, -0.2) is 53.7 Å². The van der Waals surface area contributed by atoms with E-state index < -0.39 is 0 Å². The molecule has 0 aromatic carbocycles. The molecule has 0 aliphatic carbocycles. The van der Waals surface area contributed by atoms with Crippen molar-refractivity contribution < 1.29 is 9.59 Å². The van der Waals surface area contributed by atoms with Crippen molar-refractivity contribution >= 4 is 29.0 Å². The zero-order valence-electron chi connectivity index (χ0n) is 14.0. The van der Waals surface area contributed by atoms with Crippen LogP contribution in [0.15, 0.2) is 29.1 Å². The summed E-state index contributed by atoms with van der Waals surface area (Å²) in [6.07, 6.45) is 2.80. The number of anilines is 1. The van der Waals surface area contributed by atoms with Gasteiger partial charge in [0.1, 0.15) is 6.54 Å². The number of amides is 2. The van der Waals surface area contributed by atoms with Crippen molar-refractivity contribution in [3.8, 4) is 0 Å². The van der Waals surface area contributed by atoms with Crippen molar-refractivity contribution in [2.75, 3.05) is 32.5 Å². The molecule has 0 unspecified atom stereocenters. The number of rotatable bonds is 9. The Labute approximate surface area is 145 Å². The monoisotopic (exact) mass is 349 g/mol. The maximum atomic E-state index is 11.9. The van der Waals surface area contributed by atoms with E-state index in [1.807, 2.05) is 35.8 Å². The lowest BCUT2D eigenvalue weighted by molar-refractivity contribution is -0.121. The quantitative estimate of drug-likeness (QED) is 0.713. The Hall–Kier alpha value is -2.19. The number of carbonyl (C=O) groups excluding carboxylic acids is 2. The summed E-state index contributed by atoms with van der Waals surface area (Å²) < 4.78 is 1.51. The van der Waals surface area contributed by atoms with Crippen LogP contribution in [0, 0.1) is 0 Å². The van der Waals surface area contributed by atoms with Crippen LogP contribution in [0.2, 0.25) is 0 Å². The number of likely N-dealkylation sites (N-methyl/N-ethyl adjacent to an activating group) is 1. The number of carbonyl (C=O) groups is 2. The molecule has 0 saturated heterocycles. The molecule has 8 heteroatoms. The van der Waals surface area contributed by atoms with Crippen molar-refractivity contribution in [2.24, 2.45) is 0 Å². The normalized spacial score (nSPS) is 10.8. The van der Waals surface area contributed by atoms with Gasteiger partial charge in [-0.25, -0.2) is 0 Å². The van der Waals surface area contributed by atoms with Gasteiger partial charge in [0.25, 0.3) is 0 Å². The summed E-state index contributed by atoms with van der Waals surface area (Å²) in [5.41, 5.74) is 1.16. The third-order valence-corrected chi connectivity index (χ3v) is 4.05. The lowest BCUT2D eigenvalue weighted by Gasteiger charge is -2.10. The summed E-state index contributed by atoms with van der Waals surface area (Å²) in [6, 6.07) is 3.71. The Morgan fingerprint density at radius 2 is 2.12 bits per heavy atom. The first-order chi connectivity index (χ1) is 11.5. The van der Waals surface area contributed by atoms with Gasteiger partial charge in [-0.1, -0.05) is 0 Å². The van der Waals surface area contributed by atoms with Crippen molar-refractivity contribution in [3.63, 3.8) is 0 Å². The number of thiophene rings is 1. The van der Waals surface area contributed by atoms with E-state index in [9.17, 15) is 9.59 Å². The summed E-state index contributed by atoms with van der Waals surface area (Å²) in [5, 5.41) is 13.8. The first kappa shape index (κ1) is 18.2. The summed E-state index contributed by atoms with van der Waals surface area (Å²) in [4.78, 5) is 25.7. The first-order valence-electron chi connectivity index (χ1n) is 7.79. The largest absolute Gasteiger partial charge is 0.353 e. The average molecular weight is 349 g/mol. The third-order valence-electron chi connectivity index (χ3n) is 3.32.